The average molecular weight is 837 g/mol. The van der Waals surface area contributed by atoms with Crippen LogP contribution in [0.25, 0.3) is 0 Å². The topological polar surface area (TPSA) is 78.9 Å². The Bertz CT molecular complexity index is 1140. The van der Waals surface area contributed by atoms with Crippen molar-refractivity contribution in [3.63, 3.8) is 0 Å². The van der Waals surface area contributed by atoms with Crippen LogP contribution in [0, 0.1) is 0 Å². The van der Waals surface area contributed by atoms with Gasteiger partial charge < -0.3 is 14.2 Å². The van der Waals surface area contributed by atoms with Gasteiger partial charge in [-0.3, -0.25) is 14.4 Å². The second-order valence-electron chi connectivity index (χ2n) is 16.4. The second-order valence-corrected chi connectivity index (χ2v) is 16.4. The van der Waals surface area contributed by atoms with Crippen molar-refractivity contribution in [2.75, 3.05) is 13.2 Å². The Hall–Kier alpha value is -3.15. The van der Waals surface area contributed by atoms with Crippen molar-refractivity contribution < 1.29 is 28.6 Å². The van der Waals surface area contributed by atoms with Gasteiger partial charge in [-0.15, -0.1) is 0 Å². The lowest BCUT2D eigenvalue weighted by Gasteiger charge is -2.18. The molecule has 0 aromatic heterocycles. The van der Waals surface area contributed by atoms with E-state index >= 15 is 0 Å². The second kappa shape index (κ2) is 48.5. The molecule has 0 rings (SSSR count). The van der Waals surface area contributed by atoms with Crippen molar-refractivity contribution in [3.05, 3.63) is 72.9 Å². The van der Waals surface area contributed by atoms with E-state index in [2.05, 4.69) is 57.2 Å². The monoisotopic (exact) mass is 837 g/mol. The van der Waals surface area contributed by atoms with Gasteiger partial charge >= 0.3 is 17.9 Å². The Balaban J connectivity index is 4.46. The minimum absolute atomic E-state index is 0.0966. The highest BCUT2D eigenvalue weighted by Gasteiger charge is 2.19. The largest absolute Gasteiger partial charge is 0.462 e. The predicted molar refractivity (Wildman–Crippen MR) is 256 cm³/mol. The fourth-order valence-electron chi connectivity index (χ4n) is 6.73. The maximum Gasteiger partial charge on any atom is 0.306 e. The molecule has 0 aliphatic heterocycles. The van der Waals surface area contributed by atoms with Crippen LogP contribution in [0.15, 0.2) is 72.9 Å². The Morgan fingerprint density at radius 3 is 1.10 bits per heavy atom. The van der Waals surface area contributed by atoms with Gasteiger partial charge in [-0.2, -0.15) is 0 Å². The van der Waals surface area contributed by atoms with Gasteiger partial charge in [0, 0.05) is 19.3 Å². The molecular weight excluding hydrogens is 745 g/mol. The van der Waals surface area contributed by atoms with E-state index < -0.39 is 6.10 Å². The molecule has 0 aliphatic rings. The van der Waals surface area contributed by atoms with Gasteiger partial charge in [0.15, 0.2) is 6.10 Å². The van der Waals surface area contributed by atoms with Crippen LogP contribution in [0.2, 0.25) is 0 Å². The zero-order valence-electron chi connectivity index (χ0n) is 39.2. The fourth-order valence-corrected chi connectivity index (χ4v) is 6.73. The zero-order valence-corrected chi connectivity index (χ0v) is 39.2. The van der Waals surface area contributed by atoms with E-state index in [0.29, 0.717) is 19.3 Å². The Morgan fingerprint density at radius 2 is 0.667 bits per heavy atom. The molecule has 6 nitrogen and oxygen atoms in total. The van der Waals surface area contributed by atoms with Crippen LogP contribution in [-0.2, 0) is 28.6 Å². The number of carbonyl (C=O) groups is 3. The van der Waals surface area contributed by atoms with Gasteiger partial charge in [0.05, 0.1) is 0 Å². The molecule has 0 saturated heterocycles. The third-order valence-electron chi connectivity index (χ3n) is 10.5. The zero-order chi connectivity index (χ0) is 43.7. The fraction of sp³-hybridized carbons (Fsp3) is 0.722. The van der Waals surface area contributed by atoms with E-state index in [1.807, 2.05) is 36.5 Å². The van der Waals surface area contributed by atoms with Crippen LogP contribution in [0.3, 0.4) is 0 Å². The lowest BCUT2D eigenvalue weighted by atomic mass is 10.1. The molecule has 0 aromatic rings. The maximum atomic E-state index is 12.8. The Kier molecular flexibility index (Phi) is 46.0. The molecule has 0 heterocycles. The van der Waals surface area contributed by atoms with Crippen molar-refractivity contribution in [2.24, 2.45) is 0 Å². The maximum absolute atomic E-state index is 12.8. The van der Waals surface area contributed by atoms with Gasteiger partial charge in [0.2, 0.25) is 0 Å². The SMILES string of the molecule is CC\C=C/C=C\C=C/C=C\CCCCCC(=O)OCC(COC(=O)CCCCCCCCC/C=C\CCCCCC)OC(=O)CCCCC/C=C\CCCCCCCCC. The summed E-state index contributed by atoms with van der Waals surface area (Å²) in [7, 11) is 0. The highest BCUT2D eigenvalue weighted by atomic mass is 16.6. The number of esters is 3. The van der Waals surface area contributed by atoms with Crippen molar-refractivity contribution in [1.82, 2.24) is 0 Å². The molecular formula is C54H92O6. The van der Waals surface area contributed by atoms with Crippen molar-refractivity contribution >= 4 is 17.9 Å². The summed E-state index contributed by atoms with van der Waals surface area (Å²) >= 11 is 0. The van der Waals surface area contributed by atoms with Crippen LogP contribution < -0.4 is 0 Å². The summed E-state index contributed by atoms with van der Waals surface area (Å²) < 4.78 is 16.7. The summed E-state index contributed by atoms with van der Waals surface area (Å²) in [6.07, 6.45) is 60.3. The molecule has 1 atom stereocenters. The number of hydrogen-bond acceptors (Lipinski definition) is 6. The van der Waals surface area contributed by atoms with E-state index in [1.165, 1.54) is 109 Å². The number of hydrogen-bond donors (Lipinski definition) is 0. The molecule has 0 spiro atoms. The van der Waals surface area contributed by atoms with E-state index in [4.69, 9.17) is 14.2 Å². The summed E-state index contributed by atoms with van der Waals surface area (Å²) in [5.74, 6) is -0.958. The summed E-state index contributed by atoms with van der Waals surface area (Å²) in [6.45, 7) is 6.42. The lowest BCUT2D eigenvalue weighted by molar-refractivity contribution is -0.167. The Morgan fingerprint density at radius 1 is 0.350 bits per heavy atom. The van der Waals surface area contributed by atoms with Gasteiger partial charge in [0.25, 0.3) is 0 Å². The summed E-state index contributed by atoms with van der Waals surface area (Å²) in [5, 5.41) is 0. The van der Waals surface area contributed by atoms with Gasteiger partial charge in [-0.1, -0.05) is 196 Å². The number of carbonyl (C=O) groups excluding carboxylic acids is 3. The molecule has 344 valence electrons. The number of allylic oxidation sites excluding steroid dienone is 12. The summed E-state index contributed by atoms with van der Waals surface area (Å²) in [4.78, 5) is 37.9. The van der Waals surface area contributed by atoms with E-state index in [9.17, 15) is 14.4 Å². The quantitative estimate of drug-likeness (QED) is 0.0200. The minimum atomic E-state index is -0.799. The molecule has 6 heteroatoms. The first kappa shape index (κ1) is 56.9. The number of ether oxygens (including phenoxy) is 3. The highest BCUT2D eigenvalue weighted by molar-refractivity contribution is 5.71. The van der Waals surface area contributed by atoms with Crippen LogP contribution in [0.4, 0.5) is 0 Å². The summed E-state index contributed by atoms with van der Waals surface area (Å²) in [5.41, 5.74) is 0. The molecule has 60 heavy (non-hydrogen) atoms. The Labute approximate surface area is 370 Å². The standard InChI is InChI=1S/C54H92O6/c1-4-7-10-13-16-19-22-25-27-30-32-35-38-41-44-47-53(56)59-50-51(49-58-52(55)46-43-40-37-34-31-28-24-21-18-15-12-9-6-3)60-54(57)48-45-42-39-36-33-29-26-23-20-17-14-11-8-5-2/h9,12,15,18-19,21-22,24,28-29,31,33,51H,4-8,10-11,13-14,16-17,20,23,25-27,30,32,34-50H2,1-3H3/b12-9-,18-15-,22-19-,24-21-,31-28-,33-29-. The average Bonchev–Trinajstić information content (AvgIpc) is 3.24. The number of rotatable bonds is 44. The number of unbranched alkanes of at least 4 members (excludes halogenated alkanes) is 24. The van der Waals surface area contributed by atoms with Crippen LogP contribution in [0.1, 0.15) is 233 Å². The van der Waals surface area contributed by atoms with Gasteiger partial charge in [0.1, 0.15) is 13.2 Å². The van der Waals surface area contributed by atoms with Crippen molar-refractivity contribution in [3.8, 4) is 0 Å². The first-order valence-corrected chi connectivity index (χ1v) is 25.0. The van der Waals surface area contributed by atoms with E-state index in [-0.39, 0.29) is 31.1 Å². The third-order valence-corrected chi connectivity index (χ3v) is 10.5. The lowest BCUT2D eigenvalue weighted by Crippen LogP contribution is -2.30. The molecule has 0 bridgehead atoms. The van der Waals surface area contributed by atoms with Crippen LogP contribution in [-0.4, -0.2) is 37.2 Å². The molecule has 1 unspecified atom stereocenters. The molecule has 0 aromatic carbocycles. The molecule has 0 aliphatic carbocycles. The van der Waals surface area contributed by atoms with Gasteiger partial charge in [-0.05, 0) is 89.9 Å². The first-order valence-electron chi connectivity index (χ1n) is 25.0. The molecule has 0 fully saturated rings. The minimum Gasteiger partial charge on any atom is -0.462 e. The smallest absolute Gasteiger partial charge is 0.306 e. The van der Waals surface area contributed by atoms with Crippen molar-refractivity contribution in [2.45, 2.75) is 239 Å². The van der Waals surface area contributed by atoms with Gasteiger partial charge in [-0.25, -0.2) is 0 Å². The van der Waals surface area contributed by atoms with E-state index in [0.717, 1.165) is 83.5 Å². The molecule has 0 amide bonds. The predicted octanol–water partition coefficient (Wildman–Crippen LogP) is 16.3. The van der Waals surface area contributed by atoms with Crippen LogP contribution >= 0.6 is 0 Å². The summed E-state index contributed by atoms with van der Waals surface area (Å²) in [6, 6.07) is 0. The third kappa shape index (κ3) is 45.9. The normalized spacial score (nSPS) is 12.7. The highest BCUT2D eigenvalue weighted by Crippen LogP contribution is 2.14. The molecule has 0 radical (unpaired) electrons. The molecule has 0 saturated carbocycles. The van der Waals surface area contributed by atoms with Crippen molar-refractivity contribution in [1.29, 1.82) is 0 Å². The van der Waals surface area contributed by atoms with Crippen LogP contribution in [0.5, 0.6) is 0 Å². The van der Waals surface area contributed by atoms with E-state index in [1.54, 1.807) is 0 Å². The first-order chi connectivity index (χ1) is 29.5. The molecule has 0 N–H and O–H groups in total.